The van der Waals surface area contributed by atoms with Gasteiger partial charge in [-0.05, 0) is 43.2 Å². The number of hydrogen-bond donors (Lipinski definition) is 2. The molecule has 1 aromatic carbocycles. The third kappa shape index (κ3) is 3.70. The van der Waals surface area contributed by atoms with Gasteiger partial charge in [-0.2, -0.15) is 11.8 Å². The van der Waals surface area contributed by atoms with E-state index in [0.29, 0.717) is 18.6 Å². The SMILES string of the molecule is CC(Cc1cccc(F)c1)NC(=O)C1(O)CCSC1. The average molecular weight is 283 g/mol. The third-order valence-corrected chi connectivity index (χ3v) is 4.41. The Hall–Kier alpha value is -1.07. The number of aliphatic hydroxyl groups is 1. The van der Waals surface area contributed by atoms with Crippen molar-refractivity contribution in [2.75, 3.05) is 11.5 Å². The Kier molecular flexibility index (Phi) is 4.47. The number of nitrogens with one attached hydrogen (secondary N) is 1. The number of hydrogen-bond acceptors (Lipinski definition) is 3. The van der Waals surface area contributed by atoms with E-state index in [-0.39, 0.29) is 17.8 Å². The number of halogens is 1. The smallest absolute Gasteiger partial charge is 0.253 e. The molecule has 0 spiro atoms. The molecular weight excluding hydrogens is 265 g/mol. The summed E-state index contributed by atoms with van der Waals surface area (Å²) < 4.78 is 13.1. The van der Waals surface area contributed by atoms with Crippen LogP contribution in [0.25, 0.3) is 0 Å². The van der Waals surface area contributed by atoms with E-state index in [9.17, 15) is 14.3 Å². The van der Waals surface area contributed by atoms with Crippen molar-refractivity contribution in [3.63, 3.8) is 0 Å². The van der Waals surface area contributed by atoms with Gasteiger partial charge in [0.2, 0.25) is 0 Å². The van der Waals surface area contributed by atoms with Crippen molar-refractivity contribution in [1.29, 1.82) is 0 Å². The zero-order valence-electron chi connectivity index (χ0n) is 10.9. The Morgan fingerprint density at radius 3 is 3.05 bits per heavy atom. The van der Waals surface area contributed by atoms with E-state index < -0.39 is 5.60 Å². The summed E-state index contributed by atoms with van der Waals surface area (Å²) in [4.78, 5) is 12.0. The lowest BCUT2D eigenvalue weighted by Crippen LogP contribution is -2.50. The molecule has 1 heterocycles. The van der Waals surface area contributed by atoms with Gasteiger partial charge in [0.25, 0.3) is 5.91 Å². The normalized spacial score (nSPS) is 24.2. The topological polar surface area (TPSA) is 49.3 Å². The molecule has 3 nitrogen and oxygen atoms in total. The number of rotatable bonds is 4. The minimum Gasteiger partial charge on any atom is -0.379 e. The maximum Gasteiger partial charge on any atom is 0.253 e. The molecule has 2 atom stereocenters. The van der Waals surface area contributed by atoms with Crippen molar-refractivity contribution in [1.82, 2.24) is 5.32 Å². The summed E-state index contributed by atoms with van der Waals surface area (Å²) >= 11 is 1.58. The highest BCUT2D eigenvalue weighted by Crippen LogP contribution is 2.28. The number of carbonyl (C=O) groups is 1. The highest BCUT2D eigenvalue weighted by atomic mass is 32.2. The molecule has 0 aliphatic carbocycles. The van der Waals surface area contributed by atoms with Crippen LogP contribution in [0, 0.1) is 5.82 Å². The number of amides is 1. The van der Waals surface area contributed by atoms with Gasteiger partial charge in [0.15, 0.2) is 5.60 Å². The standard InChI is InChI=1S/C14H18FNO2S/c1-10(7-11-3-2-4-12(15)8-11)16-13(17)14(18)5-6-19-9-14/h2-4,8,10,18H,5-7,9H2,1H3,(H,16,17). The van der Waals surface area contributed by atoms with Crippen LogP contribution in [0.2, 0.25) is 0 Å². The predicted octanol–water partition coefficient (Wildman–Crippen LogP) is 1.74. The molecule has 1 fully saturated rings. The van der Waals surface area contributed by atoms with Crippen LogP contribution >= 0.6 is 11.8 Å². The Balaban J connectivity index is 1.90. The van der Waals surface area contributed by atoms with E-state index in [2.05, 4.69) is 5.32 Å². The monoisotopic (exact) mass is 283 g/mol. The molecule has 0 aromatic heterocycles. The van der Waals surface area contributed by atoms with Crippen molar-refractivity contribution >= 4 is 17.7 Å². The van der Waals surface area contributed by atoms with Crippen molar-refractivity contribution in [3.05, 3.63) is 35.6 Å². The van der Waals surface area contributed by atoms with E-state index in [1.54, 1.807) is 17.8 Å². The van der Waals surface area contributed by atoms with Crippen LogP contribution in [-0.2, 0) is 11.2 Å². The molecular formula is C14H18FNO2S. The van der Waals surface area contributed by atoms with Crippen molar-refractivity contribution < 1.29 is 14.3 Å². The van der Waals surface area contributed by atoms with Crippen LogP contribution in [0.15, 0.2) is 24.3 Å². The molecule has 2 N–H and O–H groups in total. The molecule has 0 saturated carbocycles. The quantitative estimate of drug-likeness (QED) is 0.885. The van der Waals surface area contributed by atoms with Gasteiger partial charge in [0.05, 0.1) is 0 Å². The van der Waals surface area contributed by atoms with Crippen LogP contribution < -0.4 is 5.32 Å². The molecule has 104 valence electrons. The van der Waals surface area contributed by atoms with Gasteiger partial charge >= 0.3 is 0 Å². The number of benzene rings is 1. The molecule has 1 aromatic rings. The van der Waals surface area contributed by atoms with E-state index in [1.807, 2.05) is 13.0 Å². The Bertz CT molecular complexity index is 461. The first-order valence-corrected chi connectivity index (χ1v) is 7.51. The number of thioether (sulfide) groups is 1. The van der Waals surface area contributed by atoms with Crippen molar-refractivity contribution in [2.24, 2.45) is 0 Å². The molecule has 1 amide bonds. The zero-order chi connectivity index (χ0) is 13.9. The molecule has 2 rings (SSSR count). The Labute approximate surface area is 116 Å². The fourth-order valence-corrected chi connectivity index (χ4v) is 3.40. The van der Waals surface area contributed by atoms with Gasteiger partial charge in [0, 0.05) is 11.8 Å². The molecule has 19 heavy (non-hydrogen) atoms. The Morgan fingerprint density at radius 2 is 2.42 bits per heavy atom. The fraction of sp³-hybridized carbons (Fsp3) is 0.500. The lowest BCUT2D eigenvalue weighted by Gasteiger charge is -2.23. The van der Waals surface area contributed by atoms with Crippen LogP contribution in [-0.4, -0.2) is 34.2 Å². The molecule has 0 bridgehead atoms. The van der Waals surface area contributed by atoms with E-state index in [0.717, 1.165) is 11.3 Å². The van der Waals surface area contributed by atoms with Gasteiger partial charge in [0.1, 0.15) is 5.82 Å². The van der Waals surface area contributed by atoms with Gasteiger partial charge in [-0.1, -0.05) is 12.1 Å². The predicted molar refractivity (Wildman–Crippen MR) is 74.6 cm³/mol. The Morgan fingerprint density at radius 1 is 1.63 bits per heavy atom. The lowest BCUT2D eigenvalue weighted by molar-refractivity contribution is -0.137. The summed E-state index contributed by atoms with van der Waals surface area (Å²) in [5.41, 5.74) is -0.401. The molecule has 5 heteroatoms. The highest BCUT2D eigenvalue weighted by molar-refractivity contribution is 7.99. The van der Waals surface area contributed by atoms with Gasteiger partial charge in [-0.15, -0.1) is 0 Å². The van der Waals surface area contributed by atoms with E-state index in [1.165, 1.54) is 12.1 Å². The van der Waals surface area contributed by atoms with E-state index >= 15 is 0 Å². The minimum atomic E-state index is -1.24. The second-order valence-corrected chi connectivity index (χ2v) is 6.15. The van der Waals surface area contributed by atoms with Gasteiger partial charge < -0.3 is 10.4 Å². The fourth-order valence-electron chi connectivity index (χ4n) is 2.16. The first-order valence-electron chi connectivity index (χ1n) is 6.35. The largest absolute Gasteiger partial charge is 0.379 e. The second kappa shape index (κ2) is 5.92. The van der Waals surface area contributed by atoms with Crippen molar-refractivity contribution in [2.45, 2.75) is 31.4 Å². The van der Waals surface area contributed by atoms with Gasteiger partial charge in [-0.25, -0.2) is 4.39 Å². The maximum atomic E-state index is 13.1. The molecule has 1 saturated heterocycles. The summed E-state index contributed by atoms with van der Waals surface area (Å²) in [6.45, 7) is 1.86. The highest BCUT2D eigenvalue weighted by Gasteiger charge is 2.39. The molecule has 2 unspecified atom stereocenters. The summed E-state index contributed by atoms with van der Waals surface area (Å²) in [6, 6.07) is 6.20. The average Bonchev–Trinajstić information content (AvgIpc) is 2.77. The summed E-state index contributed by atoms with van der Waals surface area (Å²) in [7, 11) is 0. The van der Waals surface area contributed by atoms with Gasteiger partial charge in [-0.3, -0.25) is 4.79 Å². The molecule has 1 aliphatic heterocycles. The van der Waals surface area contributed by atoms with Crippen LogP contribution in [0.3, 0.4) is 0 Å². The van der Waals surface area contributed by atoms with Crippen molar-refractivity contribution in [3.8, 4) is 0 Å². The van der Waals surface area contributed by atoms with Crippen LogP contribution in [0.4, 0.5) is 4.39 Å². The number of carbonyl (C=O) groups excluding carboxylic acids is 1. The summed E-state index contributed by atoms with van der Waals surface area (Å²) in [6.07, 6.45) is 1.04. The third-order valence-electron chi connectivity index (χ3n) is 3.23. The zero-order valence-corrected chi connectivity index (χ0v) is 11.7. The first-order chi connectivity index (χ1) is 8.99. The summed E-state index contributed by atoms with van der Waals surface area (Å²) in [5.74, 6) is 0.663. The lowest BCUT2D eigenvalue weighted by atomic mass is 10.0. The molecule has 0 radical (unpaired) electrons. The first kappa shape index (κ1) is 14.3. The van der Waals surface area contributed by atoms with E-state index in [4.69, 9.17) is 0 Å². The molecule has 1 aliphatic rings. The second-order valence-electron chi connectivity index (χ2n) is 5.04. The maximum absolute atomic E-state index is 13.1. The van der Waals surface area contributed by atoms with Crippen LogP contribution in [0.5, 0.6) is 0 Å². The minimum absolute atomic E-state index is 0.135. The summed E-state index contributed by atoms with van der Waals surface area (Å²) in [5, 5.41) is 12.9. The van der Waals surface area contributed by atoms with Crippen LogP contribution in [0.1, 0.15) is 18.9 Å².